The van der Waals surface area contributed by atoms with Crippen molar-refractivity contribution in [3.63, 3.8) is 0 Å². The van der Waals surface area contributed by atoms with Crippen LogP contribution in [0.25, 0.3) is 0 Å². The second kappa shape index (κ2) is 9.96. The molecule has 21 heavy (non-hydrogen) atoms. The van der Waals surface area contributed by atoms with Crippen LogP contribution in [0, 0.1) is 0 Å². The van der Waals surface area contributed by atoms with Crippen LogP contribution in [0.3, 0.4) is 0 Å². The average Bonchev–Trinajstić information content (AvgIpc) is 3.02. The zero-order valence-corrected chi connectivity index (χ0v) is 14.3. The quantitative estimate of drug-likeness (QED) is 0.505. The fourth-order valence-electron chi connectivity index (χ4n) is 2.14. The van der Waals surface area contributed by atoms with E-state index in [0.717, 1.165) is 30.4 Å². The van der Waals surface area contributed by atoms with Crippen LogP contribution in [0.4, 0.5) is 0 Å². The molecule has 1 N–H and O–H groups in total. The minimum absolute atomic E-state index is 0. The van der Waals surface area contributed by atoms with Crippen molar-refractivity contribution < 1.29 is 30.0 Å². The van der Waals surface area contributed by atoms with Gasteiger partial charge in [-0.25, -0.2) is 26.6 Å². The molecule has 0 spiro atoms. The van der Waals surface area contributed by atoms with Gasteiger partial charge in [0.1, 0.15) is 0 Å². The summed E-state index contributed by atoms with van der Waals surface area (Å²) >= 11 is 0. The fraction of sp³-hybridized carbons (Fsp3) is 0.375. The van der Waals surface area contributed by atoms with E-state index in [9.17, 15) is 8.42 Å². The molecule has 118 valence electrons. The molecule has 5 heteroatoms. The van der Waals surface area contributed by atoms with E-state index in [0.29, 0.717) is 6.42 Å². The molecule has 0 fully saturated rings. The molecule has 2 aromatic rings. The van der Waals surface area contributed by atoms with Crippen LogP contribution in [0.15, 0.2) is 47.4 Å². The number of rotatable bonds is 5. The first-order valence-corrected chi connectivity index (χ1v) is 8.36. The van der Waals surface area contributed by atoms with Crippen molar-refractivity contribution >= 4 is 10.1 Å². The maximum Gasteiger partial charge on any atom is 2.00 e. The van der Waals surface area contributed by atoms with Gasteiger partial charge in [0, 0.05) is 0 Å². The summed E-state index contributed by atoms with van der Waals surface area (Å²) in [5.74, 6) is 0. The maximum absolute atomic E-state index is 11.1. The Bertz CT molecular complexity index is 566. The number of hydrogen-bond acceptors (Lipinski definition) is 2. The van der Waals surface area contributed by atoms with Crippen molar-refractivity contribution in [1.82, 2.24) is 0 Å². The molecule has 3 nitrogen and oxygen atoms in total. The van der Waals surface area contributed by atoms with Crippen molar-refractivity contribution in [2.24, 2.45) is 0 Å². The minimum Gasteiger partial charge on any atom is -0.291 e. The average molecular weight is 350 g/mol. The molecule has 0 heterocycles. The first-order valence-electron chi connectivity index (χ1n) is 6.92. The van der Waals surface area contributed by atoms with Crippen LogP contribution in [0.5, 0.6) is 0 Å². The van der Waals surface area contributed by atoms with Crippen molar-refractivity contribution in [2.45, 2.75) is 44.4 Å². The van der Waals surface area contributed by atoms with Gasteiger partial charge >= 0.3 is 17.1 Å². The smallest absolute Gasteiger partial charge is 0.291 e. The number of hydrogen-bond donors (Lipinski definition) is 1. The predicted octanol–water partition coefficient (Wildman–Crippen LogP) is 3.96. The third-order valence-electron chi connectivity index (χ3n) is 2.97. The van der Waals surface area contributed by atoms with Gasteiger partial charge < -0.3 is 0 Å². The summed E-state index contributed by atoms with van der Waals surface area (Å²) in [6.07, 6.45) is 3.43. The molecule has 0 amide bonds. The van der Waals surface area contributed by atoms with E-state index < -0.39 is 10.1 Å². The Morgan fingerprint density at radius 1 is 1.14 bits per heavy atom. The van der Waals surface area contributed by atoms with Gasteiger partial charge in [-0.1, -0.05) is 39.5 Å². The van der Waals surface area contributed by atoms with E-state index in [1.807, 2.05) is 37.3 Å². The standard InChI is InChI=1S/C11H17O3S.C5H5.Fe/c1-3-5-9-7-8-11(15(12,13)14)10(9)6-4-2;1-2-4-5-3-1;/h7-8H,3-6H2,1-2H3,(H,12,13,14);1-5H;/q2*-1;+2. The van der Waals surface area contributed by atoms with Crippen LogP contribution >= 0.6 is 0 Å². The Labute approximate surface area is 138 Å². The molecular weight excluding hydrogens is 328 g/mol. The number of aryl methyl sites for hydroxylation is 1. The Morgan fingerprint density at radius 3 is 2.10 bits per heavy atom. The normalized spacial score (nSPS) is 10.4. The summed E-state index contributed by atoms with van der Waals surface area (Å²) in [6.45, 7) is 4.05. The molecule has 0 aromatic heterocycles. The summed E-state index contributed by atoms with van der Waals surface area (Å²) in [5, 5.41) is 0. The molecule has 0 aliphatic carbocycles. The summed E-state index contributed by atoms with van der Waals surface area (Å²) in [5.41, 5.74) is 1.84. The van der Waals surface area contributed by atoms with Crippen molar-refractivity contribution in [3.8, 4) is 0 Å². The minimum atomic E-state index is -4.05. The van der Waals surface area contributed by atoms with Crippen LogP contribution < -0.4 is 0 Å². The van der Waals surface area contributed by atoms with Crippen molar-refractivity contribution in [2.75, 3.05) is 0 Å². The van der Waals surface area contributed by atoms with E-state index in [4.69, 9.17) is 4.55 Å². The second-order valence-electron chi connectivity index (χ2n) is 4.64. The SMILES string of the molecule is CCCc1cc[c-](S(=O)(=O)O)c1CCC.[Fe+2].c1cc[cH-]c1. The van der Waals surface area contributed by atoms with Gasteiger partial charge in [-0.05, 0) is 4.90 Å². The van der Waals surface area contributed by atoms with Gasteiger partial charge in [0.15, 0.2) is 0 Å². The molecule has 0 atom stereocenters. The van der Waals surface area contributed by atoms with E-state index in [1.54, 1.807) is 6.07 Å². The molecule has 2 aromatic carbocycles. The first kappa shape index (κ1) is 20.1. The second-order valence-corrected chi connectivity index (χ2v) is 6.03. The summed E-state index contributed by atoms with van der Waals surface area (Å²) in [6, 6.07) is 13.3. The van der Waals surface area contributed by atoms with Gasteiger partial charge in [0.05, 0.1) is 0 Å². The van der Waals surface area contributed by atoms with E-state index >= 15 is 0 Å². The molecule has 0 unspecified atom stereocenters. The largest absolute Gasteiger partial charge is 2.00 e. The molecular formula is C16H22FeO3S. The Balaban J connectivity index is 0.000000562. The topological polar surface area (TPSA) is 54.4 Å². The van der Waals surface area contributed by atoms with Gasteiger partial charge in [-0.15, -0.1) is 5.56 Å². The van der Waals surface area contributed by atoms with E-state index in [-0.39, 0.29) is 22.0 Å². The molecule has 0 radical (unpaired) electrons. The monoisotopic (exact) mass is 350 g/mol. The molecule has 0 aliphatic heterocycles. The zero-order valence-electron chi connectivity index (χ0n) is 12.4. The van der Waals surface area contributed by atoms with Crippen LogP contribution in [0.1, 0.15) is 37.8 Å². The molecule has 0 bridgehead atoms. The predicted molar refractivity (Wildman–Crippen MR) is 81.9 cm³/mol. The fourth-order valence-corrected chi connectivity index (χ4v) is 2.92. The summed E-state index contributed by atoms with van der Waals surface area (Å²) < 4.78 is 31.3. The Kier molecular flexibility index (Phi) is 9.54. The Hall–Kier alpha value is -0.871. The summed E-state index contributed by atoms with van der Waals surface area (Å²) in [7, 11) is -4.05. The van der Waals surface area contributed by atoms with Crippen LogP contribution in [-0.4, -0.2) is 13.0 Å². The summed E-state index contributed by atoms with van der Waals surface area (Å²) in [4.78, 5) is 0.0906. The van der Waals surface area contributed by atoms with Gasteiger partial charge in [0.2, 0.25) is 10.1 Å². The van der Waals surface area contributed by atoms with Gasteiger partial charge in [-0.3, -0.25) is 4.55 Å². The van der Waals surface area contributed by atoms with Gasteiger partial charge in [-0.2, -0.15) is 29.8 Å². The Morgan fingerprint density at radius 2 is 1.71 bits per heavy atom. The van der Waals surface area contributed by atoms with Crippen molar-refractivity contribution in [1.29, 1.82) is 0 Å². The van der Waals surface area contributed by atoms with Gasteiger partial charge in [0.25, 0.3) is 0 Å². The zero-order chi connectivity index (χ0) is 15.0. The van der Waals surface area contributed by atoms with E-state index in [1.165, 1.54) is 6.07 Å². The third-order valence-corrected chi connectivity index (χ3v) is 3.91. The third kappa shape index (κ3) is 6.61. The molecule has 2 rings (SSSR count). The van der Waals surface area contributed by atoms with Crippen LogP contribution in [-0.2, 0) is 40.0 Å². The van der Waals surface area contributed by atoms with Crippen LogP contribution in [0.2, 0.25) is 0 Å². The molecule has 0 aliphatic rings. The molecule has 0 saturated carbocycles. The molecule has 0 saturated heterocycles. The van der Waals surface area contributed by atoms with E-state index in [2.05, 4.69) is 6.92 Å². The first-order chi connectivity index (χ1) is 9.50. The maximum atomic E-state index is 11.1. The van der Waals surface area contributed by atoms with Crippen molar-refractivity contribution in [3.05, 3.63) is 53.6 Å².